The van der Waals surface area contributed by atoms with Gasteiger partial charge in [0.15, 0.2) is 26.2 Å². The SMILES string of the molecule is COCC(OC)OCOCOC(COC)OC. The van der Waals surface area contributed by atoms with E-state index >= 15 is 0 Å². The molecule has 0 rings (SSSR count). The first-order valence-electron chi connectivity index (χ1n) is 5.12. The Bertz CT molecular complexity index is 140. The van der Waals surface area contributed by atoms with Crippen LogP contribution in [0.2, 0.25) is 0 Å². The van der Waals surface area contributed by atoms with Gasteiger partial charge >= 0.3 is 0 Å². The summed E-state index contributed by atoms with van der Waals surface area (Å²) in [5.41, 5.74) is 0. The highest BCUT2D eigenvalue weighted by Gasteiger charge is 2.08. The largest absolute Gasteiger partial charge is 0.379 e. The smallest absolute Gasteiger partial charge is 0.183 e. The molecule has 0 aliphatic heterocycles. The number of hydrogen-bond acceptors (Lipinski definition) is 7. The van der Waals surface area contributed by atoms with Gasteiger partial charge in [-0.05, 0) is 0 Å². The fourth-order valence-corrected chi connectivity index (χ4v) is 0.923. The van der Waals surface area contributed by atoms with E-state index < -0.39 is 12.6 Å². The zero-order chi connectivity index (χ0) is 12.9. The van der Waals surface area contributed by atoms with E-state index in [1.807, 2.05) is 0 Å². The van der Waals surface area contributed by atoms with Gasteiger partial charge in [-0.3, -0.25) is 0 Å². The number of hydrogen-bond donors (Lipinski definition) is 0. The minimum Gasteiger partial charge on any atom is -0.379 e. The summed E-state index contributed by atoms with van der Waals surface area (Å²) in [7, 11) is 6.18. The van der Waals surface area contributed by atoms with Crippen LogP contribution >= 0.6 is 0 Å². The van der Waals surface area contributed by atoms with Crippen molar-refractivity contribution in [1.29, 1.82) is 0 Å². The van der Waals surface area contributed by atoms with Gasteiger partial charge in [-0.25, -0.2) is 0 Å². The average Bonchev–Trinajstić information content (AvgIpc) is 2.35. The van der Waals surface area contributed by atoms with Gasteiger partial charge in [0.05, 0.1) is 13.2 Å². The van der Waals surface area contributed by atoms with Gasteiger partial charge in [0.25, 0.3) is 0 Å². The summed E-state index contributed by atoms with van der Waals surface area (Å²) in [5.74, 6) is 0. The summed E-state index contributed by atoms with van der Waals surface area (Å²) in [4.78, 5) is 0. The van der Waals surface area contributed by atoms with Crippen molar-refractivity contribution in [2.75, 3.05) is 55.2 Å². The lowest BCUT2D eigenvalue weighted by Crippen LogP contribution is -2.25. The van der Waals surface area contributed by atoms with E-state index in [0.29, 0.717) is 13.2 Å². The molecule has 0 aromatic heterocycles. The van der Waals surface area contributed by atoms with Crippen LogP contribution in [-0.4, -0.2) is 67.8 Å². The van der Waals surface area contributed by atoms with Crippen LogP contribution in [0, 0.1) is 0 Å². The second-order valence-corrected chi connectivity index (χ2v) is 3.01. The maximum Gasteiger partial charge on any atom is 0.183 e. The molecule has 0 aromatic rings. The molecule has 0 aliphatic carbocycles. The van der Waals surface area contributed by atoms with Crippen molar-refractivity contribution >= 4 is 0 Å². The first-order chi connectivity index (χ1) is 8.28. The number of ether oxygens (including phenoxy) is 7. The molecule has 0 radical (unpaired) electrons. The number of methoxy groups -OCH3 is 4. The molecule has 104 valence electrons. The van der Waals surface area contributed by atoms with E-state index in [1.54, 1.807) is 14.2 Å². The Hall–Kier alpha value is -0.280. The molecule has 0 aromatic carbocycles. The summed E-state index contributed by atoms with van der Waals surface area (Å²) in [6.07, 6.45) is -0.894. The van der Waals surface area contributed by atoms with Gasteiger partial charge < -0.3 is 33.2 Å². The third-order valence-corrected chi connectivity index (χ3v) is 1.81. The van der Waals surface area contributed by atoms with Gasteiger partial charge in [0.1, 0.15) is 0 Å². The van der Waals surface area contributed by atoms with Crippen molar-refractivity contribution in [3.05, 3.63) is 0 Å². The van der Waals surface area contributed by atoms with Gasteiger partial charge in [0.2, 0.25) is 0 Å². The molecule has 2 atom stereocenters. The first-order valence-corrected chi connectivity index (χ1v) is 5.12. The number of rotatable bonds is 12. The predicted molar refractivity (Wildman–Crippen MR) is 58.3 cm³/mol. The summed E-state index contributed by atoms with van der Waals surface area (Å²) >= 11 is 0. The summed E-state index contributed by atoms with van der Waals surface area (Å²) in [5, 5.41) is 0. The van der Waals surface area contributed by atoms with E-state index in [-0.39, 0.29) is 13.6 Å². The van der Waals surface area contributed by atoms with Gasteiger partial charge in [0, 0.05) is 28.4 Å². The molecule has 0 fully saturated rings. The summed E-state index contributed by atoms with van der Waals surface area (Å²) in [6, 6.07) is 0. The van der Waals surface area contributed by atoms with Crippen LogP contribution in [0.4, 0.5) is 0 Å². The van der Waals surface area contributed by atoms with Crippen LogP contribution in [0.3, 0.4) is 0 Å². The standard InChI is InChI=1S/C10H22O7/c1-11-5-9(13-3)16-7-15-8-17-10(14-4)6-12-2/h9-10H,5-8H2,1-4H3. The predicted octanol–water partition coefficient (Wildman–Crippen LogP) is 0.189. The molecule has 0 aliphatic rings. The second-order valence-electron chi connectivity index (χ2n) is 3.01. The maximum atomic E-state index is 5.19. The summed E-state index contributed by atoms with van der Waals surface area (Å²) in [6.45, 7) is 0.771. The topological polar surface area (TPSA) is 64.6 Å². The lowest BCUT2D eigenvalue weighted by atomic mass is 10.7. The van der Waals surface area contributed by atoms with Gasteiger partial charge in [-0.1, -0.05) is 0 Å². The Morgan fingerprint density at radius 2 is 1.12 bits per heavy atom. The molecule has 0 bridgehead atoms. The molecule has 7 nitrogen and oxygen atoms in total. The minimum absolute atomic E-state index is 0.0469. The van der Waals surface area contributed by atoms with E-state index in [1.165, 1.54) is 14.2 Å². The Morgan fingerprint density at radius 1 is 0.706 bits per heavy atom. The zero-order valence-electron chi connectivity index (χ0n) is 10.8. The van der Waals surface area contributed by atoms with Crippen molar-refractivity contribution in [2.24, 2.45) is 0 Å². The Morgan fingerprint density at radius 3 is 1.41 bits per heavy atom. The molecule has 7 heteroatoms. The van der Waals surface area contributed by atoms with E-state index in [0.717, 1.165) is 0 Å². The molecule has 2 unspecified atom stereocenters. The maximum absolute atomic E-state index is 5.19. The van der Waals surface area contributed by atoms with Crippen molar-refractivity contribution in [3.8, 4) is 0 Å². The quantitative estimate of drug-likeness (QED) is 0.364. The average molecular weight is 254 g/mol. The van der Waals surface area contributed by atoms with Crippen LogP contribution in [0.15, 0.2) is 0 Å². The van der Waals surface area contributed by atoms with Crippen molar-refractivity contribution in [1.82, 2.24) is 0 Å². The fourth-order valence-electron chi connectivity index (χ4n) is 0.923. The molecule has 0 saturated carbocycles. The van der Waals surface area contributed by atoms with Crippen molar-refractivity contribution in [3.63, 3.8) is 0 Å². The fraction of sp³-hybridized carbons (Fsp3) is 1.00. The zero-order valence-corrected chi connectivity index (χ0v) is 10.8. The molecule has 0 heterocycles. The Labute approximate surface area is 102 Å². The minimum atomic E-state index is -0.447. The molecular formula is C10H22O7. The van der Waals surface area contributed by atoms with Gasteiger partial charge in [-0.15, -0.1) is 0 Å². The Balaban J connectivity index is 3.43. The molecule has 17 heavy (non-hydrogen) atoms. The van der Waals surface area contributed by atoms with E-state index in [2.05, 4.69) is 0 Å². The summed E-state index contributed by atoms with van der Waals surface area (Å²) < 4.78 is 35.1. The third-order valence-electron chi connectivity index (χ3n) is 1.81. The molecule has 0 spiro atoms. The first kappa shape index (κ1) is 16.7. The van der Waals surface area contributed by atoms with Crippen LogP contribution in [-0.2, 0) is 33.2 Å². The van der Waals surface area contributed by atoms with Crippen LogP contribution in [0.25, 0.3) is 0 Å². The molecule has 0 saturated heterocycles. The molecule has 0 N–H and O–H groups in total. The van der Waals surface area contributed by atoms with E-state index in [9.17, 15) is 0 Å². The molecule has 0 amide bonds. The van der Waals surface area contributed by atoms with Crippen molar-refractivity contribution < 1.29 is 33.2 Å². The Kier molecular flexibility index (Phi) is 12.0. The highest BCUT2D eigenvalue weighted by Crippen LogP contribution is 1.97. The van der Waals surface area contributed by atoms with Crippen LogP contribution in [0.5, 0.6) is 0 Å². The third kappa shape index (κ3) is 9.42. The lowest BCUT2D eigenvalue weighted by Gasteiger charge is -2.17. The highest BCUT2D eigenvalue weighted by atomic mass is 16.8. The van der Waals surface area contributed by atoms with Crippen LogP contribution in [0.1, 0.15) is 0 Å². The monoisotopic (exact) mass is 254 g/mol. The van der Waals surface area contributed by atoms with Crippen LogP contribution < -0.4 is 0 Å². The van der Waals surface area contributed by atoms with Crippen molar-refractivity contribution in [2.45, 2.75) is 12.6 Å². The normalized spacial score (nSPS) is 14.8. The van der Waals surface area contributed by atoms with E-state index in [4.69, 9.17) is 33.2 Å². The molecular weight excluding hydrogens is 232 g/mol. The highest BCUT2D eigenvalue weighted by molar-refractivity contribution is 4.37. The lowest BCUT2D eigenvalue weighted by molar-refractivity contribution is -0.250. The van der Waals surface area contributed by atoms with Gasteiger partial charge in [-0.2, -0.15) is 0 Å². The second kappa shape index (κ2) is 12.2.